The molecule has 0 aromatic carbocycles. The highest BCUT2D eigenvalue weighted by molar-refractivity contribution is 5.72. The van der Waals surface area contributed by atoms with E-state index in [1.165, 1.54) is 12.8 Å². The molecule has 0 aliphatic heterocycles. The molecule has 0 saturated carbocycles. The van der Waals surface area contributed by atoms with Crippen LogP contribution < -0.4 is 0 Å². The fourth-order valence-corrected chi connectivity index (χ4v) is 2.15. The zero-order valence-corrected chi connectivity index (χ0v) is 11.6. The van der Waals surface area contributed by atoms with E-state index in [0.717, 1.165) is 19.3 Å². The van der Waals surface area contributed by atoms with Crippen molar-refractivity contribution < 1.29 is 9.53 Å². The molecule has 0 aromatic rings. The molecule has 0 rings (SSSR count). The molecular weight excluding hydrogens is 200 g/mol. The number of rotatable bonds is 8. The van der Waals surface area contributed by atoms with Crippen LogP contribution in [0.3, 0.4) is 0 Å². The topological polar surface area (TPSA) is 26.3 Å². The molecule has 0 N–H and O–H groups in total. The zero-order chi connectivity index (χ0) is 12.6. The van der Waals surface area contributed by atoms with Crippen LogP contribution in [-0.4, -0.2) is 12.6 Å². The van der Waals surface area contributed by atoms with Gasteiger partial charge in [-0.2, -0.15) is 0 Å². The first-order valence-corrected chi connectivity index (χ1v) is 6.59. The fourth-order valence-electron chi connectivity index (χ4n) is 2.15. The predicted molar refractivity (Wildman–Crippen MR) is 68.3 cm³/mol. The molecule has 0 amide bonds. The molecule has 2 nitrogen and oxygen atoms in total. The molecule has 0 aromatic heterocycles. The molecule has 2 heteroatoms. The summed E-state index contributed by atoms with van der Waals surface area (Å²) < 4.78 is 5.23. The highest BCUT2D eigenvalue weighted by atomic mass is 16.5. The Bertz CT molecular complexity index is 197. The Kier molecular flexibility index (Phi) is 7.44. The third-order valence-corrected chi connectivity index (χ3v) is 2.93. The van der Waals surface area contributed by atoms with Gasteiger partial charge in [-0.05, 0) is 24.7 Å². The van der Waals surface area contributed by atoms with E-state index in [1.807, 2.05) is 6.92 Å². The van der Waals surface area contributed by atoms with Gasteiger partial charge in [0.05, 0.1) is 12.5 Å². The lowest BCUT2D eigenvalue weighted by Crippen LogP contribution is -2.23. The number of esters is 1. The summed E-state index contributed by atoms with van der Waals surface area (Å²) in [6.07, 6.45) is 5.30. The third kappa shape index (κ3) is 6.86. The Morgan fingerprint density at radius 3 is 2.38 bits per heavy atom. The second kappa shape index (κ2) is 7.70. The first-order chi connectivity index (χ1) is 7.43. The van der Waals surface area contributed by atoms with Crippen molar-refractivity contribution in [2.24, 2.45) is 11.3 Å². The van der Waals surface area contributed by atoms with Crippen LogP contribution in [0.1, 0.15) is 66.7 Å². The van der Waals surface area contributed by atoms with Gasteiger partial charge >= 0.3 is 5.97 Å². The molecule has 0 radical (unpaired) electrons. The molecule has 1 atom stereocenters. The molecule has 0 bridgehead atoms. The summed E-state index contributed by atoms with van der Waals surface area (Å²) in [5.41, 5.74) is 0.248. The lowest BCUT2D eigenvalue weighted by molar-refractivity contribution is -0.149. The van der Waals surface area contributed by atoms with E-state index in [4.69, 9.17) is 4.74 Å². The van der Waals surface area contributed by atoms with E-state index < -0.39 is 0 Å². The Morgan fingerprint density at radius 1 is 1.25 bits per heavy atom. The second-order valence-corrected chi connectivity index (χ2v) is 5.54. The molecule has 0 aliphatic carbocycles. The van der Waals surface area contributed by atoms with Crippen molar-refractivity contribution in [1.82, 2.24) is 0 Å². The summed E-state index contributed by atoms with van der Waals surface area (Å²) in [5, 5.41) is 0. The van der Waals surface area contributed by atoms with Crippen molar-refractivity contribution >= 4 is 5.97 Å². The Balaban J connectivity index is 3.94. The van der Waals surface area contributed by atoms with Gasteiger partial charge in [-0.3, -0.25) is 4.79 Å². The van der Waals surface area contributed by atoms with Crippen LogP contribution >= 0.6 is 0 Å². The molecule has 96 valence electrons. The lowest BCUT2D eigenvalue weighted by Gasteiger charge is -2.26. The van der Waals surface area contributed by atoms with Crippen molar-refractivity contribution in [2.45, 2.75) is 66.7 Å². The van der Waals surface area contributed by atoms with E-state index in [0.29, 0.717) is 6.61 Å². The monoisotopic (exact) mass is 228 g/mol. The Labute approximate surface area is 101 Å². The van der Waals surface area contributed by atoms with Gasteiger partial charge in [0, 0.05) is 0 Å². The largest absolute Gasteiger partial charge is 0.465 e. The van der Waals surface area contributed by atoms with Gasteiger partial charge < -0.3 is 4.74 Å². The van der Waals surface area contributed by atoms with Crippen molar-refractivity contribution in [3.63, 3.8) is 0 Å². The Morgan fingerprint density at radius 2 is 1.88 bits per heavy atom. The lowest BCUT2D eigenvalue weighted by atomic mass is 9.80. The molecule has 0 fully saturated rings. The van der Waals surface area contributed by atoms with Crippen LogP contribution in [-0.2, 0) is 9.53 Å². The van der Waals surface area contributed by atoms with E-state index in [9.17, 15) is 4.79 Å². The van der Waals surface area contributed by atoms with Gasteiger partial charge in [0.15, 0.2) is 0 Å². The maximum Gasteiger partial charge on any atom is 0.308 e. The van der Waals surface area contributed by atoms with Crippen molar-refractivity contribution in [3.8, 4) is 0 Å². The normalized spacial score (nSPS) is 13.6. The molecule has 1 unspecified atom stereocenters. The van der Waals surface area contributed by atoms with Crippen LogP contribution in [0, 0.1) is 11.3 Å². The van der Waals surface area contributed by atoms with Crippen LogP contribution in [0.5, 0.6) is 0 Å². The van der Waals surface area contributed by atoms with Crippen molar-refractivity contribution in [2.75, 3.05) is 6.61 Å². The van der Waals surface area contributed by atoms with Crippen molar-refractivity contribution in [3.05, 3.63) is 0 Å². The van der Waals surface area contributed by atoms with Crippen LogP contribution in [0.2, 0.25) is 0 Å². The first kappa shape index (κ1) is 15.5. The van der Waals surface area contributed by atoms with E-state index in [1.54, 1.807) is 0 Å². The molecular formula is C14H28O2. The molecule has 0 aliphatic rings. The minimum Gasteiger partial charge on any atom is -0.465 e. The molecule has 0 heterocycles. The average molecular weight is 228 g/mol. The molecule has 0 saturated heterocycles. The number of unbranched alkanes of at least 4 members (excludes halogenated alkanes) is 1. The van der Waals surface area contributed by atoms with Crippen LogP contribution in [0.4, 0.5) is 0 Å². The maximum absolute atomic E-state index is 11.7. The SMILES string of the molecule is CCCCOC(=O)C(C)CC(C)(C)CCC. The standard InChI is InChI=1S/C14H28O2/c1-6-8-10-16-13(15)12(3)11-14(4,5)9-7-2/h12H,6-11H2,1-5H3. The summed E-state index contributed by atoms with van der Waals surface area (Å²) in [6, 6.07) is 0. The third-order valence-electron chi connectivity index (χ3n) is 2.93. The number of hydrogen-bond acceptors (Lipinski definition) is 2. The number of hydrogen-bond donors (Lipinski definition) is 0. The zero-order valence-electron chi connectivity index (χ0n) is 11.6. The second-order valence-electron chi connectivity index (χ2n) is 5.54. The van der Waals surface area contributed by atoms with Crippen LogP contribution in [0.25, 0.3) is 0 Å². The molecule has 16 heavy (non-hydrogen) atoms. The number of carbonyl (C=O) groups is 1. The minimum absolute atomic E-state index is 0.0263. The quantitative estimate of drug-likeness (QED) is 0.460. The van der Waals surface area contributed by atoms with Crippen molar-refractivity contribution in [1.29, 1.82) is 0 Å². The predicted octanol–water partition coefficient (Wildman–Crippen LogP) is 4.18. The van der Waals surface area contributed by atoms with Gasteiger partial charge in [0.25, 0.3) is 0 Å². The minimum atomic E-state index is -0.0300. The highest BCUT2D eigenvalue weighted by Crippen LogP contribution is 2.30. The van der Waals surface area contributed by atoms with E-state index >= 15 is 0 Å². The number of carbonyl (C=O) groups excluding carboxylic acids is 1. The van der Waals surface area contributed by atoms with Gasteiger partial charge in [-0.15, -0.1) is 0 Å². The van der Waals surface area contributed by atoms with Gasteiger partial charge in [0.2, 0.25) is 0 Å². The van der Waals surface area contributed by atoms with Gasteiger partial charge in [-0.1, -0.05) is 47.5 Å². The highest BCUT2D eigenvalue weighted by Gasteiger charge is 2.24. The maximum atomic E-state index is 11.7. The van der Waals surface area contributed by atoms with Crippen LogP contribution in [0.15, 0.2) is 0 Å². The smallest absolute Gasteiger partial charge is 0.308 e. The first-order valence-electron chi connectivity index (χ1n) is 6.59. The summed E-state index contributed by atoms with van der Waals surface area (Å²) in [4.78, 5) is 11.7. The average Bonchev–Trinajstić information content (AvgIpc) is 2.16. The van der Waals surface area contributed by atoms with Gasteiger partial charge in [0.1, 0.15) is 0 Å². The van der Waals surface area contributed by atoms with E-state index in [-0.39, 0.29) is 17.3 Å². The fraction of sp³-hybridized carbons (Fsp3) is 0.929. The van der Waals surface area contributed by atoms with E-state index in [2.05, 4.69) is 27.7 Å². The molecule has 0 spiro atoms. The Hall–Kier alpha value is -0.530. The van der Waals surface area contributed by atoms with Gasteiger partial charge in [-0.25, -0.2) is 0 Å². The summed E-state index contributed by atoms with van der Waals surface area (Å²) in [6.45, 7) is 11.3. The summed E-state index contributed by atoms with van der Waals surface area (Å²) >= 11 is 0. The summed E-state index contributed by atoms with van der Waals surface area (Å²) in [7, 11) is 0. The number of ether oxygens (including phenoxy) is 1. The summed E-state index contributed by atoms with van der Waals surface area (Å²) in [5.74, 6) is -0.00367.